The Hall–Kier alpha value is -1.55. The maximum atomic E-state index is 12.2. The van der Waals surface area contributed by atoms with Gasteiger partial charge >= 0.3 is 0 Å². The summed E-state index contributed by atoms with van der Waals surface area (Å²) in [4.78, 5) is 25.5. The lowest BCUT2D eigenvalue weighted by Crippen LogP contribution is -2.40. The summed E-state index contributed by atoms with van der Waals surface area (Å²) in [6.45, 7) is 3.85. The van der Waals surface area contributed by atoms with Crippen LogP contribution in [-0.4, -0.2) is 28.8 Å². The number of nitrogens with zero attached hydrogens (tertiary/aromatic N) is 1. The van der Waals surface area contributed by atoms with Crippen LogP contribution in [-0.2, 0) is 9.59 Å². The molecule has 0 bridgehead atoms. The smallest absolute Gasteiger partial charge is 0.252 e. The van der Waals surface area contributed by atoms with Crippen LogP contribution in [0.25, 0.3) is 0 Å². The molecule has 1 aliphatic rings. The van der Waals surface area contributed by atoms with Gasteiger partial charge in [-0.15, -0.1) is 0 Å². The van der Waals surface area contributed by atoms with Crippen molar-refractivity contribution in [2.24, 2.45) is 0 Å². The molecule has 1 N–H and O–H groups in total. The highest BCUT2D eigenvalue weighted by atomic mass is 35.5. The lowest BCUT2D eigenvalue weighted by Gasteiger charge is -2.21. The van der Waals surface area contributed by atoms with Crippen molar-refractivity contribution in [1.29, 1.82) is 0 Å². The molecule has 1 aromatic carbocycles. The Morgan fingerprint density at radius 3 is 2.84 bits per heavy atom. The molecule has 1 heterocycles. The zero-order valence-electron chi connectivity index (χ0n) is 11.0. The lowest BCUT2D eigenvalue weighted by atomic mass is 10.2. The van der Waals surface area contributed by atoms with Gasteiger partial charge < -0.3 is 5.32 Å². The Kier molecular flexibility index (Phi) is 4.10. The largest absolute Gasteiger partial charge is 0.373 e. The van der Waals surface area contributed by atoms with E-state index in [1.165, 1.54) is 4.90 Å². The van der Waals surface area contributed by atoms with Crippen LogP contribution in [0.15, 0.2) is 24.3 Å². The predicted molar refractivity (Wildman–Crippen MR) is 75.1 cm³/mol. The fraction of sp³-hybridized carbons (Fsp3) is 0.429. The van der Waals surface area contributed by atoms with E-state index in [-0.39, 0.29) is 24.3 Å². The Labute approximate surface area is 117 Å². The number of nitrogens with one attached hydrogen (secondary N) is 1. The van der Waals surface area contributed by atoms with Crippen molar-refractivity contribution in [2.75, 3.05) is 5.32 Å². The van der Waals surface area contributed by atoms with Gasteiger partial charge in [-0.3, -0.25) is 14.5 Å². The summed E-state index contributed by atoms with van der Waals surface area (Å²) in [7, 11) is 0. The normalized spacial score (nSPS) is 20.8. The molecule has 0 aliphatic carbocycles. The zero-order chi connectivity index (χ0) is 14.0. The standard InChI is InChI=1S/C14H17ClN2O2/c1-3-9(2)17-13(18)8-12(14(17)19)16-11-6-4-5-10(15)7-11/h4-7,9,12,16H,3,8H2,1-2H3. The van der Waals surface area contributed by atoms with Crippen molar-refractivity contribution in [1.82, 2.24) is 4.90 Å². The minimum absolute atomic E-state index is 0.0499. The number of benzene rings is 1. The van der Waals surface area contributed by atoms with Gasteiger partial charge in [0, 0.05) is 16.8 Å². The Bertz CT molecular complexity index is 504. The monoisotopic (exact) mass is 280 g/mol. The van der Waals surface area contributed by atoms with E-state index in [0.29, 0.717) is 5.02 Å². The molecule has 0 spiro atoms. The number of hydrogen-bond acceptors (Lipinski definition) is 3. The highest BCUT2D eigenvalue weighted by Crippen LogP contribution is 2.23. The number of likely N-dealkylation sites (tertiary alicyclic amines) is 1. The van der Waals surface area contributed by atoms with Gasteiger partial charge in [-0.05, 0) is 31.5 Å². The van der Waals surface area contributed by atoms with Crippen molar-refractivity contribution in [3.8, 4) is 0 Å². The van der Waals surface area contributed by atoms with Crippen molar-refractivity contribution >= 4 is 29.1 Å². The van der Waals surface area contributed by atoms with Crippen LogP contribution >= 0.6 is 11.6 Å². The number of anilines is 1. The summed E-state index contributed by atoms with van der Waals surface area (Å²) < 4.78 is 0. The van der Waals surface area contributed by atoms with Gasteiger partial charge in [-0.2, -0.15) is 0 Å². The molecule has 1 aliphatic heterocycles. The minimum atomic E-state index is -0.486. The number of rotatable bonds is 4. The van der Waals surface area contributed by atoms with E-state index < -0.39 is 6.04 Å². The first-order valence-electron chi connectivity index (χ1n) is 6.41. The molecular weight excluding hydrogens is 264 g/mol. The van der Waals surface area contributed by atoms with Gasteiger partial charge in [0.15, 0.2) is 0 Å². The maximum absolute atomic E-state index is 12.2. The molecular formula is C14H17ClN2O2. The van der Waals surface area contributed by atoms with Crippen LogP contribution in [0.4, 0.5) is 5.69 Å². The summed E-state index contributed by atoms with van der Waals surface area (Å²) in [6.07, 6.45) is 0.969. The lowest BCUT2D eigenvalue weighted by molar-refractivity contribution is -0.140. The summed E-state index contributed by atoms with van der Waals surface area (Å²) >= 11 is 5.89. The molecule has 0 saturated carbocycles. The Morgan fingerprint density at radius 1 is 1.47 bits per heavy atom. The number of imide groups is 1. The van der Waals surface area contributed by atoms with Gasteiger partial charge in [-0.1, -0.05) is 24.6 Å². The van der Waals surface area contributed by atoms with E-state index in [1.54, 1.807) is 18.2 Å². The van der Waals surface area contributed by atoms with Crippen LogP contribution in [0.1, 0.15) is 26.7 Å². The van der Waals surface area contributed by atoms with Gasteiger partial charge in [-0.25, -0.2) is 0 Å². The topological polar surface area (TPSA) is 49.4 Å². The maximum Gasteiger partial charge on any atom is 0.252 e. The first-order valence-corrected chi connectivity index (χ1v) is 6.78. The zero-order valence-corrected chi connectivity index (χ0v) is 11.8. The summed E-state index contributed by atoms with van der Waals surface area (Å²) in [5.74, 6) is -0.266. The van der Waals surface area contributed by atoms with Gasteiger partial charge in [0.1, 0.15) is 6.04 Å². The fourth-order valence-corrected chi connectivity index (χ4v) is 2.38. The minimum Gasteiger partial charge on any atom is -0.373 e. The molecule has 102 valence electrons. The number of carbonyl (C=O) groups excluding carboxylic acids is 2. The van der Waals surface area contributed by atoms with Gasteiger partial charge in [0.2, 0.25) is 5.91 Å². The Balaban J connectivity index is 2.11. The third kappa shape index (κ3) is 2.89. The molecule has 2 atom stereocenters. The number of hydrogen-bond donors (Lipinski definition) is 1. The highest BCUT2D eigenvalue weighted by Gasteiger charge is 2.40. The van der Waals surface area contributed by atoms with E-state index in [4.69, 9.17) is 11.6 Å². The van der Waals surface area contributed by atoms with E-state index >= 15 is 0 Å². The third-order valence-corrected chi connectivity index (χ3v) is 3.62. The third-order valence-electron chi connectivity index (χ3n) is 3.38. The highest BCUT2D eigenvalue weighted by molar-refractivity contribution is 6.30. The second-order valence-corrected chi connectivity index (χ2v) is 5.21. The first-order chi connectivity index (χ1) is 9.02. The molecule has 4 nitrogen and oxygen atoms in total. The predicted octanol–water partition coefficient (Wildman–Crippen LogP) is 2.68. The quantitative estimate of drug-likeness (QED) is 0.863. The molecule has 1 aromatic rings. The molecule has 1 saturated heterocycles. The van der Waals surface area contributed by atoms with E-state index in [1.807, 2.05) is 19.9 Å². The van der Waals surface area contributed by atoms with Crippen LogP contribution < -0.4 is 5.32 Å². The van der Waals surface area contributed by atoms with Crippen molar-refractivity contribution in [3.63, 3.8) is 0 Å². The number of halogens is 1. The van der Waals surface area contributed by atoms with Gasteiger partial charge in [0.05, 0.1) is 6.42 Å². The van der Waals surface area contributed by atoms with Crippen LogP contribution in [0.5, 0.6) is 0 Å². The van der Waals surface area contributed by atoms with Crippen molar-refractivity contribution < 1.29 is 9.59 Å². The number of carbonyl (C=O) groups is 2. The van der Waals surface area contributed by atoms with E-state index in [0.717, 1.165) is 12.1 Å². The van der Waals surface area contributed by atoms with E-state index in [2.05, 4.69) is 5.32 Å². The SMILES string of the molecule is CCC(C)N1C(=O)CC(Nc2cccc(Cl)c2)C1=O. The van der Waals surface area contributed by atoms with Crippen LogP contribution in [0.3, 0.4) is 0 Å². The molecule has 0 radical (unpaired) electrons. The average Bonchev–Trinajstić information content (AvgIpc) is 2.64. The molecule has 2 amide bonds. The summed E-state index contributed by atoms with van der Waals surface area (Å²) in [5, 5.41) is 3.67. The first kappa shape index (κ1) is 13.9. The molecule has 2 unspecified atom stereocenters. The molecule has 5 heteroatoms. The van der Waals surface area contributed by atoms with Crippen LogP contribution in [0, 0.1) is 0 Å². The fourth-order valence-electron chi connectivity index (χ4n) is 2.19. The summed E-state index contributed by atoms with van der Waals surface area (Å²) in [6, 6.07) is 6.60. The second-order valence-electron chi connectivity index (χ2n) is 4.77. The van der Waals surface area contributed by atoms with Gasteiger partial charge in [0.25, 0.3) is 5.91 Å². The van der Waals surface area contributed by atoms with E-state index in [9.17, 15) is 9.59 Å². The molecule has 19 heavy (non-hydrogen) atoms. The Morgan fingerprint density at radius 2 is 2.21 bits per heavy atom. The molecule has 0 aromatic heterocycles. The van der Waals surface area contributed by atoms with Crippen molar-refractivity contribution in [3.05, 3.63) is 29.3 Å². The average molecular weight is 281 g/mol. The second kappa shape index (κ2) is 5.61. The van der Waals surface area contributed by atoms with Crippen molar-refractivity contribution in [2.45, 2.75) is 38.8 Å². The molecule has 2 rings (SSSR count). The number of amides is 2. The molecule has 1 fully saturated rings. The summed E-state index contributed by atoms with van der Waals surface area (Å²) in [5.41, 5.74) is 0.754. The van der Waals surface area contributed by atoms with Crippen LogP contribution in [0.2, 0.25) is 5.02 Å².